The van der Waals surface area contributed by atoms with E-state index in [2.05, 4.69) is 146 Å². The van der Waals surface area contributed by atoms with Crippen LogP contribution in [-0.2, 0) is 0 Å². The zero-order chi connectivity index (χ0) is 33.7. The number of fused-ring (bicyclic) bond motifs is 6. The Bertz CT molecular complexity index is 2830. The van der Waals surface area contributed by atoms with Crippen molar-refractivity contribution in [2.45, 2.75) is 0 Å². The molecule has 0 radical (unpaired) electrons. The van der Waals surface area contributed by atoms with Crippen LogP contribution in [0.15, 0.2) is 186 Å². The van der Waals surface area contributed by atoms with Crippen LogP contribution in [0.1, 0.15) is 0 Å². The Morgan fingerprint density at radius 2 is 0.941 bits per heavy atom. The molecular formula is C48H30N2O. The van der Waals surface area contributed by atoms with Crippen LogP contribution in [0, 0.1) is 0 Å². The van der Waals surface area contributed by atoms with Crippen LogP contribution >= 0.6 is 0 Å². The van der Waals surface area contributed by atoms with Gasteiger partial charge in [-0.15, -0.1) is 0 Å². The zero-order valence-electron chi connectivity index (χ0n) is 27.6. The van der Waals surface area contributed by atoms with Gasteiger partial charge in [-0.1, -0.05) is 152 Å². The maximum absolute atomic E-state index is 6.72. The molecule has 0 aliphatic carbocycles. The number of aromatic nitrogens is 2. The smallest absolute Gasteiger partial charge is 0.160 e. The highest BCUT2D eigenvalue weighted by molar-refractivity contribution is 6.19. The molecule has 2 heterocycles. The minimum absolute atomic E-state index is 0.693. The number of benzene rings is 8. The minimum atomic E-state index is 0.693. The Labute approximate surface area is 295 Å². The second kappa shape index (κ2) is 11.9. The lowest BCUT2D eigenvalue weighted by Gasteiger charge is -2.10. The molecule has 0 bridgehead atoms. The van der Waals surface area contributed by atoms with Crippen LogP contribution in [0.2, 0.25) is 0 Å². The SMILES string of the molecule is c1ccc(-c2cc(-c3ccc4c(c3)oc3c5ccccc5c(-c5ccc(-c6ccc7ccccc7c6)cc5)cc43)nc(-c3ccccc3)n2)cc1. The highest BCUT2D eigenvalue weighted by Gasteiger charge is 2.17. The zero-order valence-corrected chi connectivity index (χ0v) is 27.6. The van der Waals surface area contributed by atoms with Gasteiger partial charge < -0.3 is 4.42 Å². The lowest BCUT2D eigenvalue weighted by Crippen LogP contribution is -1.95. The van der Waals surface area contributed by atoms with E-state index in [0.717, 1.165) is 55.4 Å². The van der Waals surface area contributed by atoms with Gasteiger partial charge in [0.05, 0.1) is 11.4 Å². The molecule has 0 N–H and O–H groups in total. The molecular weight excluding hydrogens is 621 g/mol. The van der Waals surface area contributed by atoms with E-state index in [1.54, 1.807) is 0 Å². The molecule has 0 unspecified atom stereocenters. The third-order valence-electron chi connectivity index (χ3n) is 9.88. The largest absolute Gasteiger partial charge is 0.455 e. The topological polar surface area (TPSA) is 38.9 Å². The molecule has 238 valence electrons. The quantitative estimate of drug-likeness (QED) is 0.186. The Hall–Kier alpha value is -6.84. The summed E-state index contributed by atoms with van der Waals surface area (Å²) in [5.74, 6) is 0.693. The van der Waals surface area contributed by atoms with E-state index in [9.17, 15) is 0 Å². The van der Waals surface area contributed by atoms with Crippen LogP contribution in [-0.4, -0.2) is 9.97 Å². The Morgan fingerprint density at radius 3 is 1.73 bits per heavy atom. The third kappa shape index (κ3) is 5.15. The van der Waals surface area contributed by atoms with E-state index < -0.39 is 0 Å². The van der Waals surface area contributed by atoms with E-state index in [1.165, 1.54) is 38.4 Å². The van der Waals surface area contributed by atoms with Crippen LogP contribution in [0.4, 0.5) is 0 Å². The monoisotopic (exact) mass is 650 g/mol. The van der Waals surface area contributed by atoms with Crippen molar-refractivity contribution < 1.29 is 4.42 Å². The first-order valence-electron chi connectivity index (χ1n) is 17.2. The molecule has 0 saturated carbocycles. The highest BCUT2D eigenvalue weighted by atomic mass is 16.3. The Kier molecular flexibility index (Phi) is 6.81. The summed E-state index contributed by atoms with van der Waals surface area (Å²) in [4.78, 5) is 10.0. The number of furan rings is 1. The van der Waals surface area contributed by atoms with Crippen molar-refractivity contribution in [1.29, 1.82) is 0 Å². The van der Waals surface area contributed by atoms with Gasteiger partial charge in [0, 0.05) is 32.8 Å². The maximum atomic E-state index is 6.72. The van der Waals surface area contributed by atoms with Crippen molar-refractivity contribution in [2.24, 2.45) is 0 Å². The average Bonchev–Trinajstić information content (AvgIpc) is 3.59. The molecule has 0 fully saturated rings. The number of hydrogen-bond acceptors (Lipinski definition) is 3. The molecule has 2 aromatic heterocycles. The summed E-state index contributed by atoms with van der Waals surface area (Å²) in [5.41, 5.74) is 11.2. The molecule has 0 spiro atoms. The van der Waals surface area contributed by atoms with Gasteiger partial charge >= 0.3 is 0 Å². The molecule has 3 nitrogen and oxygen atoms in total. The van der Waals surface area contributed by atoms with Crippen LogP contribution < -0.4 is 0 Å². The van der Waals surface area contributed by atoms with E-state index >= 15 is 0 Å². The van der Waals surface area contributed by atoms with Gasteiger partial charge in [-0.2, -0.15) is 0 Å². The first-order chi connectivity index (χ1) is 25.2. The molecule has 0 aliphatic rings. The van der Waals surface area contributed by atoms with Gasteiger partial charge in [0.1, 0.15) is 11.2 Å². The van der Waals surface area contributed by atoms with E-state index in [1.807, 2.05) is 36.4 Å². The molecule has 10 aromatic rings. The Balaban J connectivity index is 1.09. The van der Waals surface area contributed by atoms with Gasteiger partial charge in [0.15, 0.2) is 5.82 Å². The van der Waals surface area contributed by atoms with Crippen molar-refractivity contribution >= 4 is 43.5 Å². The van der Waals surface area contributed by atoms with Crippen molar-refractivity contribution in [1.82, 2.24) is 9.97 Å². The van der Waals surface area contributed by atoms with Gasteiger partial charge in [-0.3, -0.25) is 0 Å². The highest BCUT2D eigenvalue weighted by Crippen LogP contribution is 2.41. The summed E-state index contributed by atoms with van der Waals surface area (Å²) in [7, 11) is 0. The third-order valence-corrected chi connectivity index (χ3v) is 9.88. The predicted molar refractivity (Wildman–Crippen MR) is 212 cm³/mol. The summed E-state index contributed by atoms with van der Waals surface area (Å²) in [6.07, 6.45) is 0. The van der Waals surface area contributed by atoms with Gasteiger partial charge in [0.2, 0.25) is 0 Å². The van der Waals surface area contributed by atoms with Crippen LogP contribution in [0.3, 0.4) is 0 Å². The summed E-state index contributed by atoms with van der Waals surface area (Å²) in [5, 5.41) is 6.94. The van der Waals surface area contributed by atoms with E-state index in [0.29, 0.717) is 5.82 Å². The second-order valence-electron chi connectivity index (χ2n) is 13.0. The lowest BCUT2D eigenvalue weighted by molar-refractivity contribution is 0.673. The standard InChI is InChI=1S/C48H30N2O/c1-3-12-34(13-4-1)44-30-45(50-48(49-44)35-14-5-2-6-15-35)38-25-26-40-43-29-42(39-17-9-10-18-41(39)47(43)51-46(40)28-38)33-22-19-32(20-23-33)37-24-21-31-11-7-8-16-36(31)27-37/h1-30H. The van der Waals surface area contributed by atoms with Crippen molar-refractivity contribution in [3.05, 3.63) is 182 Å². The average molecular weight is 651 g/mol. The molecule has 51 heavy (non-hydrogen) atoms. The number of nitrogens with zero attached hydrogens (tertiary/aromatic N) is 2. The first-order valence-corrected chi connectivity index (χ1v) is 17.2. The van der Waals surface area contributed by atoms with Crippen molar-refractivity contribution in [3.8, 4) is 56.2 Å². The minimum Gasteiger partial charge on any atom is -0.455 e. The summed E-state index contributed by atoms with van der Waals surface area (Å²) in [6.45, 7) is 0. The Morgan fingerprint density at radius 1 is 0.333 bits per heavy atom. The molecule has 0 amide bonds. The fourth-order valence-electron chi connectivity index (χ4n) is 7.28. The fourth-order valence-corrected chi connectivity index (χ4v) is 7.28. The van der Waals surface area contributed by atoms with Crippen LogP contribution in [0.5, 0.6) is 0 Å². The predicted octanol–water partition coefficient (Wildman–Crippen LogP) is 13.0. The van der Waals surface area contributed by atoms with E-state index in [4.69, 9.17) is 14.4 Å². The normalized spacial score (nSPS) is 11.5. The molecule has 3 heteroatoms. The lowest BCUT2D eigenvalue weighted by atomic mass is 9.93. The fraction of sp³-hybridized carbons (Fsp3) is 0. The summed E-state index contributed by atoms with van der Waals surface area (Å²) < 4.78 is 6.72. The molecule has 8 aromatic carbocycles. The summed E-state index contributed by atoms with van der Waals surface area (Å²) in [6, 6.07) is 63.9. The molecule has 0 saturated heterocycles. The van der Waals surface area contributed by atoms with Gasteiger partial charge in [-0.05, 0) is 68.7 Å². The van der Waals surface area contributed by atoms with Crippen LogP contribution in [0.25, 0.3) is 99.6 Å². The molecule has 0 aliphatic heterocycles. The van der Waals surface area contributed by atoms with Crippen molar-refractivity contribution in [3.63, 3.8) is 0 Å². The number of hydrogen-bond donors (Lipinski definition) is 0. The number of rotatable bonds is 5. The van der Waals surface area contributed by atoms with Gasteiger partial charge in [0.25, 0.3) is 0 Å². The van der Waals surface area contributed by atoms with E-state index in [-0.39, 0.29) is 0 Å². The maximum Gasteiger partial charge on any atom is 0.160 e. The van der Waals surface area contributed by atoms with Gasteiger partial charge in [-0.25, -0.2) is 9.97 Å². The van der Waals surface area contributed by atoms with Crippen molar-refractivity contribution in [2.75, 3.05) is 0 Å². The first kappa shape index (κ1) is 29.1. The molecule has 10 rings (SSSR count). The molecule has 0 atom stereocenters. The summed E-state index contributed by atoms with van der Waals surface area (Å²) >= 11 is 0. The second-order valence-corrected chi connectivity index (χ2v) is 13.0.